The number of aromatic nitrogens is 3. The van der Waals surface area contributed by atoms with Crippen LogP contribution < -0.4 is 0 Å². The predicted octanol–water partition coefficient (Wildman–Crippen LogP) is 3.00. The summed E-state index contributed by atoms with van der Waals surface area (Å²) in [5.41, 5.74) is 8.16. The molecule has 0 unspecified atom stereocenters. The number of aryl methyl sites for hydroxylation is 1. The highest BCUT2D eigenvalue weighted by Crippen LogP contribution is 2.31. The molecular formula is C24H27N5O. The summed E-state index contributed by atoms with van der Waals surface area (Å²) >= 11 is 0. The Morgan fingerprint density at radius 2 is 1.93 bits per heavy atom. The Morgan fingerprint density at radius 3 is 2.70 bits per heavy atom. The van der Waals surface area contributed by atoms with E-state index in [1.54, 1.807) is 0 Å². The van der Waals surface area contributed by atoms with Crippen LogP contribution in [0.1, 0.15) is 41.1 Å². The number of nitrogens with zero attached hydrogens (tertiary/aromatic N) is 5. The zero-order valence-corrected chi connectivity index (χ0v) is 17.3. The van der Waals surface area contributed by atoms with Gasteiger partial charge in [0.15, 0.2) is 0 Å². The van der Waals surface area contributed by atoms with Crippen LogP contribution in [-0.4, -0.2) is 56.7 Å². The molecule has 0 atom stereocenters. The second kappa shape index (κ2) is 8.13. The Bertz CT molecular complexity index is 1080. The lowest BCUT2D eigenvalue weighted by Gasteiger charge is -2.31. The molecule has 1 N–H and O–H groups in total. The first-order valence-electron chi connectivity index (χ1n) is 10.7. The summed E-state index contributed by atoms with van der Waals surface area (Å²) in [6.07, 6.45) is 8.05. The summed E-state index contributed by atoms with van der Waals surface area (Å²) in [5, 5.41) is 13.5. The fraction of sp³-hybridized carbons (Fsp3) is 0.375. The molecule has 6 nitrogen and oxygen atoms in total. The largest absolute Gasteiger partial charge is 0.395 e. The van der Waals surface area contributed by atoms with Crippen molar-refractivity contribution in [2.45, 2.75) is 25.3 Å². The average Bonchev–Trinajstić information content (AvgIpc) is 3.40. The maximum absolute atomic E-state index is 9.16. The van der Waals surface area contributed by atoms with E-state index in [1.165, 1.54) is 16.7 Å². The van der Waals surface area contributed by atoms with Crippen LogP contribution in [0.3, 0.4) is 0 Å². The summed E-state index contributed by atoms with van der Waals surface area (Å²) in [6, 6.07) is 10.9. The maximum Gasteiger partial charge on any atom is 0.0727 e. The van der Waals surface area contributed by atoms with E-state index < -0.39 is 0 Å². The highest BCUT2D eigenvalue weighted by Gasteiger charge is 2.23. The predicted molar refractivity (Wildman–Crippen MR) is 118 cm³/mol. The van der Waals surface area contributed by atoms with Gasteiger partial charge in [-0.2, -0.15) is 5.10 Å². The van der Waals surface area contributed by atoms with Crippen LogP contribution in [0.15, 0.2) is 53.9 Å². The van der Waals surface area contributed by atoms with Crippen molar-refractivity contribution in [3.05, 3.63) is 71.3 Å². The number of aliphatic hydroxyl groups is 1. The van der Waals surface area contributed by atoms with Crippen LogP contribution in [0.2, 0.25) is 0 Å². The van der Waals surface area contributed by atoms with E-state index in [4.69, 9.17) is 15.1 Å². The van der Waals surface area contributed by atoms with E-state index in [1.807, 2.05) is 30.3 Å². The molecule has 0 aliphatic carbocycles. The quantitative estimate of drug-likeness (QED) is 0.714. The van der Waals surface area contributed by atoms with Crippen LogP contribution in [0.25, 0.3) is 11.1 Å². The van der Waals surface area contributed by atoms with E-state index in [9.17, 15) is 0 Å². The highest BCUT2D eigenvalue weighted by atomic mass is 16.3. The third-order valence-corrected chi connectivity index (χ3v) is 6.29. The van der Waals surface area contributed by atoms with E-state index in [2.05, 4.69) is 40.3 Å². The molecule has 154 valence electrons. The Balaban J connectivity index is 1.40. The summed E-state index contributed by atoms with van der Waals surface area (Å²) in [4.78, 5) is 11.9. The minimum absolute atomic E-state index is 0.235. The Labute approximate surface area is 176 Å². The van der Waals surface area contributed by atoms with Gasteiger partial charge < -0.3 is 10.0 Å². The number of pyridine rings is 1. The van der Waals surface area contributed by atoms with Gasteiger partial charge in [-0.3, -0.25) is 14.7 Å². The zero-order valence-electron chi connectivity index (χ0n) is 17.3. The van der Waals surface area contributed by atoms with Gasteiger partial charge in [-0.05, 0) is 55.3 Å². The zero-order chi connectivity index (χ0) is 20.5. The lowest BCUT2D eigenvalue weighted by molar-refractivity contribution is 0.163. The van der Waals surface area contributed by atoms with Gasteiger partial charge in [0, 0.05) is 54.3 Å². The van der Waals surface area contributed by atoms with Crippen molar-refractivity contribution in [3.63, 3.8) is 0 Å². The minimum atomic E-state index is 0.235. The molecular weight excluding hydrogens is 374 g/mol. The third-order valence-electron chi connectivity index (χ3n) is 6.29. The molecule has 3 aromatic rings. The monoisotopic (exact) mass is 401 g/mol. The summed E-state index contributed by atoms with van der Waals surface area (Å²) in [5.74, 6) is 0.475. The van der Waals surface area contributed by atoms with E-state index in [-0.39, 0.29) is 6.61 Å². The van der Waals surface area contributed by atoms with E-state index >= 15 is 0 Å². The van der Waals surface area contributed by atoms with Crippen molar-refractivity contribution in [3.8, 4) is 11.1 Å². The molecule has 1 fully saturated rings. The first-order chi connectivity index (χ1) is 14.7. The van der Waals surface area contributed by atoms with Gasteiger partial charge in [0.1, 0.15) is 0 Å². The summed E-state index contributed by atoms with van der Waals surface area (Å²) in [6.45, 7) is 3.78. The van der Waals surface area contributed by atoms with Crippen LogP contribution in [0.4, 0.5) is 0 Å². The van der Waals surface area contributed by atoms with Crippen molar-refractivity contribution in [2.75, 3.05) is 26.2 Å². The smallest absolute Gasteiger partial charge is 0.0727 e. The van der Waals surface area contributed by atoms with Crippen LogP contribution in [0, 0.1) is 0 Å². The Morgan fingerprint density at radius 1 is 1.07 bits per heavy atom. The highest BCUT2D eigenvalue weighted by molar-refractivity contribution is 6.15. The number of fused-ring (bicyclic) bond motifs is 1. The molecule has 1 aromatic carbocycles. The molecule has 5 rings (SSSR count). The Kier molecular flexibility index (Phi) is 5.19. The number of benzene rings is 1. The molecule has 0 radical (unpaired) electrons. The summed E-state index contributed by atoms with van der Waals surface area (Å²) < 4.78 is 1.83. The van der Waals surface area contributed by atoms with Crippen molar-refractivity contribution in [2.24, 2.45) is 12.0 Å². The number of rotatable bonds is 5. The number of β-amino-alcohol motifs (C(OH)–C–C–N with tert-alkyl or cyclic N) is 1. The molecule has 0 amide bonds. The lowest BCUT2D eigenvalue weighted by Crippen LogP contribution is -2.35. The normalized spacial score (nSPS) is 17.2. The molecule has 2 aliphatic heterocycles. The number of hydrogen-bond donors (Lipinski definition) is 1. The molecule has 0 saturated carbocycles. The van der Waals surface area contributed by atoms with Gasteiger partial charge in [0.25, 0.3) is 0 Å². The van der Waals surface area contributed by atoms with Crippen molar-refractivity contribution >= 4 is 5.71 Å². The number of aliphatic imine (C=N–C) groups is 1. The second-order valence-electron chi connectivity index (χ2n) is 8.25. The average molecular weight is 402 g/mol. The van der Waals surface area contributed by atoms with Gasteiger partial charge in [0.05, 0.1) is 25.1 Å². The molecule has 1 saturated heterocycles. The van der Waals surface area contributed by atoms with Gasteiger partial charge in [0.2, 0.25) is 0 Å². The first kappa shape index (κ1) is 19.2. The standard InChI is InChI=1S/C24H27N5O/c1-28-16-21(15-27-28)18-2-3-20-14-26-24(22(20)12-18)19-4-7-25-23(13-19)17-5-8-29(9-6-17)10-11-30/h2-4,7,12-13,15-17,30H,5-6,8-11,14H2,1H3. The third kappa shape index (κ3) is 3.68. The molecule has 0 bridgehead atoms. The van der Waals surface area contributed by atoms with Crippen LogP contribution in [0.5, 0.6) is 0 Å². The van der Waals surface area contributed by atoms with Crippen LogP contribution in [-0.2, 0) is 13.6 Å². The first-order valence-corrected chi connectivity index (χ1v) is 10.7. The van der Waals surface area contributed by atoms with Gasteiger partial charge in [-0.15, -0.1) is 0 Å². The molecule has 6 heteroatoms. The van der Waals surface area contributed by atoms with E-state index in [0.29, 0.717) is 5.92 Å². The van der Waals surface area contributed by atoms with Gasteiger partial charge in [-0.1, -0.05) is 12.1 Å². The summed E-state index contributed by atoms with van der Waals surface area (Å²) in [7, 11) is 1.94. The number of hydrogen-bond acceptors (Lipinski definition) is 5. The maximum atomic E-state index is 9.16. The van der Waals surface area contributed by atoms with Crippen molar-refractivity contribution < 1.29 is 5.11 Å². The molecule has 4 heterocycles. The second-order valence-corrected chi connectivity index (χ2v) is 8.25. The molecule has 30 heavy (non-hydrogen) atoms. The molecule has 0 spiro atoms. The Hall–Kier alpha value is -2.83. The van der Waals surface area contributed by atoms with E-state index in [0.717, 1.165) is 61.6 Å². The van der Waals surface area contributed by atoms with Gasteiger partial charge in [-0.25, -0.2) is 0 Å². The topological polar surface area (TPSA) is 66.5 Å². The number of aliphatic hydroxyl groups excluding tert-OH is 1. The molecule has 2 aromatic heterocycles. The number of likely N-dealkylation sites (tertiary alicyclic amines) is 1. The fourth-order valence-corrected chi connectivity index (χ4v) is 4.59. The SMILES string of the molecule is Cn1cc(-c2ccc3c(c2)C(c2ccnc(C4CCN(CCO)CC4)c2)=NC3)cn1. The lowest BCUT2D eigenvalue weighted by atomic mass is 9.91. The van der Waals surface area contributed by atoms with Crippen molar-refractivity contribution in [1.82, 2.24) is 19.7 Å². The minimum Gasteiger partial charge on any atom is -0.395 e. The fourth-order valence-electron chi connectivity index (χ4n) is 4.59. The molecule has 2 aliphatic rings. The van der Waals surface area contributed by atoms with Crippen molar-refractivity contribution in [1.29, 1.82) is 0 Å². The number of piperidine rings is 1. The van der Waals surface area contributed by atoms with Gasteiger partial charge >= 0.3 is 0 Å². The van der Waals surface area contributed by atoms with Crippen LogP contribution >= 0.6 is 0 Å².